The Hall–Kier alpha value is -3.16. The SMILES string of the molecule is Cc1nn(-c2ccccn2)c(C)c1N1CCN(C(=O)c2cc(C3CC3)on2)CC1. The zero-order valence-corrected chi connectivity index (χ0v) is 16.7. The first kappa shape index (κ1) is 17.9. The van der Waals surface area contributed by atoms with Crippen molar-refractivity contribution in [3.63, 3.8) is 0 Å². The van der Waals surface area contributed by atoms with Crippen LogP contribution in [0, 0.1) is 13.8 Å². The molecule has 150 valence electrons. The third-order valence-electron chi connectivity index (χ3n) is 5.73. The maximum absolute atomic E-state index is 12.8. The Balaban J connectivity index is 1.29. The fourth-order valence-electron chi connectivity index (χ4n) is 4.04. The lowest BCUT2D eigenvalue weighted by molar-refractivity contribution is 0.0736. The molecule has 2 aliphatic rings. The zero-order chi connectivity index (χ0) is 20.0. The van der Waals surface area contributed by atoms with Gasteiger partial charge in [-0.15, -0.1) is 0 Å². The van der Waals surface area contributed by atoms with Crippen LogP contribution in [0.5, 0.6) is 0 Å². The molecule has 1 saturated heterocycles. The summed E-state index contributed by atoms with van der Waals surface area (Å²) in [6.07, 6.45) is 4.03. The van der Waals surface area contributed by atoms with E-state index in [1.807, 2.05) is 40.8 Å². The topological polar surface area (TPSA) is 80.3 Å². The average molecular weight is 392 g/mol. The summed E-state index contributed by atoms with van der Waals surface area (Å²) in [7, 11) is 0. The van der Waals surface area contributed by atoms with Gasteiger partial charge < -0.3 is 14.3 Å². The van der Waals surface area contributed by atoms with Crippen LogP contribution in [-0.4, -0.2) is 56.9 Å². The number of hydrogen-bond acceptors (Lipinski definition) is 6. The summed E-state index contributed by atoms with van der Waals surface area (Å²) in [6, 6.07) is 7.63. The van der Waals surface area contributed by atoms with E-state index in [0.717, 1.165) is 54.6 Å². The van der Waals surface area contributed by atoms with Gasteiger partial charge in [-0.25, -0.2) is 9.67 Å². The molecule has 4 heterocycles. The fraction of sp³-hybridized carbons (Fsp3) is 0.429. The predicted octanol–water partition coefficient (Wildman–Crippen LogP) is 2.71. The molecule has 0 aromatic carbocycles. The molecule has 8 heteroatoms. The van der Waals surface area contributed by atoms with E-state index in [-0.39, 0.29) is 5.91 Å². The second-order valence-electron chi connectivity index (χ2n) is 7.79. The lowest BCUT2D eigenvalue weighted by atomic mass is 10.2. The summed E-state index contributed by atoms with van der Waals surface area (Å²) >= 11 is 0. The molecule has 1 aliphatic heterocycles. The van der Waals surface area contributed by atoms with Crippen molar-refractivity contribution in [1.82, 2.24) is 24.8 Å². The smallest absolute Gasteiger partial charge is 0.276 e. The lowest BCUT2D eigenvalue weighted by Gasteiger charge is -2.35. The second-order valence-corrected chi connectivity index (χ2v) is 7.79. The van der Waals surface area contributed by atoms with Crippen molar-refractivity contribution in [3.8, 4) is 5.82 Å². The van der Waals surface area contributed by atoms with Gasteiger partial charge in [0.25, 0.3) is 5.91 Å². The van der Waals surface area contributed by atoms with Gasteiger partial charge in [0, 0.05) is 44.4 Å². The highest BCUT2D eigenvalue weighted by Crippen LogP contribution is 2.40. The van der Waals surface area contributed by atoms with Gasteiger partial charge in [-0.3, -0.25) is 4.79 Å². The maximum Gasteiger partial charge on any atom is 0.276 e. The van der Waals surface area contributed by atoms with Crippen LogP contribution < -0.4 is 4.90 Å². The number of carbonyl (C=O) groups is 1. The van der Waals surface area contributed by atoms with Crippen LogP contribution in [-0.2, 0) is 0 Å². The summed E-state index contributed by atoms with van der Waals surface area (Å²) in [6.45, 7) is 6.91. The molecular formula is C21H24N6O2. The molecule has 0 radical (unpaired) electrons. The summed E-state index contributed by atoms with van der Waals surface area (Å²) in [5.41, 5.74) is 3.58. The number of rotatable bonds is 4. The Morgan fingerprint density at radius 3 is 2.62 bits per heavy atom. The number of aromatic nitrogens is 4. The van der Waals surface area contributed by atoms with E-state index in [0.29, 0.717) is 24.7 Å². The largest absolute Gasteiger partial charge is 0.365 e. The number of pyridine rings is 1. The molecular weight excluding hydrogens is 368 g/mol. The van der Waals surface area contributed by atoms with E-state index in [4.69, 9.17) is 9.62 Å². The molecule has 1 aliphatic carbocycles. The number of nitrogens with zero attached hydrogens (tertiary/aromatic N) is 6. The van der Waals surface area contributed by atoms with Crippen molar-refractivity contribution in [2.24, 2.45) is 0 Å². The Labute approximate surface area is 169 Å². The minimum absolute atomic E-state index is 0.0436. The van der Waals surface area contributed by atoms with Gasteiger partial charge in [0.15, 0.2) is 11.5 Å². The van der Waals surface area contributed by atoms with Gasteiger partial charge >= 0.3 is 0 Å². The Bertz CT molecular complexity index is 1030. The van der Waals surface area contributed by atoms with Crippen LogP contribution >= 0.6 is 0 Å². The predicted molar refractivity (Wildman–Crippen MR) is 107 cm³/mol. The Morgan fingerprint density at radius 1 is 1.14 bits per heavy atom. The third kappa shape index (κ3) is 3.28. The number of aryl methyl sites for hydroxylation is 1. The minimum atomic E-state index is -0.0436. The van der Waals surface area contributed by atoms with Gasteiger partial charge in [0.1, 0.15) is 5.76 Å². The summed E-state index contributed by atoms with van der Waals surface area (Å²) < 4.78 is 7.23. The van der Waals surface area contributed by atoms with Crippen LogP contribution in [0.4, 0.5) is 5.69 Å². The highest BCUT2D eigenvalue weighted by Gasteiger charge is 2.31. The first-order valence-electron chi connectivity index (χ1n) is 10.1. The molecule has 3 aromatic rings. The van der Waals surface area contributed by atoms with Crippen molar-refractivity contribution in [2.75, 3.05) is 31.1 Å². The highest BCUT2D eigenvalue weighted by molar-refractivity contribution is 5.92. The molecule has 0 N–H and O–H groups in total. The standard InChI is InChI=1S/C21H24N6O2/c1-14-20(15(2)27(23-14)19-5-3-4-8-22-19)25-9-11-26(12-10-25)21(28)17-13-18(29-24-17)16-6-7-16/h3-5,8,13,16H,6-7,9-12H2,1-2H3. The Morgan fingerprint density at radius 2 is 1.93 bits per heavy atom. The molecule has 1 saturated carbocycles. The van der Waals surface area contributed by atoms with E-state index in [9.17, 15) is 4.79 Å². The van der Waals surface area contributed by atoms with E-state index in [2.05, 4.69) is 22.0 Å². The van der Waals surface area contributed by atoms with E-state index >= 15 is 0 Å². The third-order valence-corrected chi connectivity index (χ3v) is 5.73. The monoisotopic (exact) mass is 392 g/mol. The van der Waals surface area contributed by atoms with E-state index < -0.39 is 0 Å². The van der Waals surface area contributed by atoms with E-state index in [1.165, 1.54) is 0 Å². The summed E-state index contributed by atoms with van der Waals surface area (Å²) in [5, 5.41) is 8.69. The maximum atomic E-state index is 12.8. The number of anilines is 1. The van der Waals surface area contributed by atoms with Crippen molar-refractivity contribution in [3.05, 3.63) is 53.3 Å². The fourth-order valence-corrected chi connectivity index (χ4v) is 4.04. The molecule has 2 fully saturated rings. The molecule has 3 aromatic heterocycles. The first-order valence-corrected chi connectivity index (χ1v) is 10.1. The second kappa shape index (κ2) is 7.02. The van der Waals surface area contributed by atoms with Crippen LogP contribution in [0.1, 0.15) is 46.4 Å². The highest BCUT2D eigenvalue weighted by atomic mass is 16.5. The van der Waals surface area contributed by atoms with Gasteiger partial charge in [-0.05, 0) is 38.8 Å². The van der Waals surface area contributed by atoms with Crippen LogP contribution in [0.3, 0.4) is 0 Å². The van der Waals surface area contributed by atoms with E-state index in [1.54, 1.807) is 6.20 Å². The number of hydrogen-bond donors (Lipinski definition) is 0. The molecule has 5 rings (SSSR count). The summed E-state index contributed by atoms with van der Waals surface area (Å²) in [5.74, 6) is 2.08. The van der Waals surface area contributed by atoms with Gasteiger partial charge in [-0.2, -0.15) is 5.10 Å². The molecule has 29 heavy (non-hydrogen) atoms. The molecule has 0 unspecified atom stereocenters. The Kier molecular flexibility index (Phi) is 4.34. The average Bonchev–Trinajstić information content (AvgIpc) is 3.41. The molecule has 0 bridgehead atoms. The molecule has 0 atom stereocenters. The van der Waals surface area contributed by atoms with Crippen molar-refractivity contribution in [2.45, 2.75) is 32.6 Å². The lowest BCUT2D eigenvalue weighted by Crippen LogP contribution is -2.49. The van der Waals surface area contributed by atoms with Crippen molar-refractivity contribution < 1.29 is 9.32 Å². The number of carbonyl (C=O) groups excluding carboxylic acids is 1. The van der Waals surface area contributed by atoms with Gasteiger partial charge in [-0.1, -0.05) is 11.2 Å². The minimum Gasteiger partial charge on any atom is -0.365 e. The molecule has 8 nitrogen and oxygen atoms in total. The van der Waals surface area contributed by atoms with Crippen molar-refractivity contribution >= 4 is 11.6 Å². The zero-order valence-electron chi connectivity index (χ0n) is 16.7. The number of amides is 1. The number of piperazine rings is 1. The van der Waals surface area contributed by atoms with Crippen LogP contribution in [0.2, 0.25) is 0 Å². The molecule has 0 spiro atoms. The van der Waals surface area contributed by atoms with Gasteiger partial charge in [0.05, 0.1) is 17.1 Å². The van der Waals surface area contributed by atoms with Gasteiger partial charge in [0.2, 0.25) is 0 Å². The molecule has 1 amide bonds. The van der Waals surface area contributed by atoms with Crippen LogP contribution in [0.15, 0.2) is 35.0 Å². The normalized spacial score (nSPS) is 17.0. The summed E-state index contributed by atoms with van der Waals surface area (Å²) in [4.78, 5) is 21.4. The quantitative estimate of drug-likeness (QED) is 0.679. The first-order chi connectivity index (χ1) is 14.1. The van der Waals surface area contributed by atoms with Crippen LogP contribution in [0.25, 0.3) is 5.82 Å². The van der Waals surface area contributed by atoms with Crippen molar-refractivity contribution in [1.29, 1.82) is 0 Å².